The number of benzene rings is 2. The van der Waals surface area contributed by atoms with Gasteiger partial charge in [0.1, 0.15) is 17.7 Å². The van der Waals surface area contributed by atoms with E-state index in [0.717, 1.165) is 30.4 Å². The van der Waals surface area contributed by atoms with Crippen molar-refractivity contribution in [1.29, 1.82) is 0 Å². The summed E-state index contributed by atoms with van der Waals surface area (Å²) in [6.07, 6.45) is 6.13. The highest BCUT2D eigenvalue weighted by atomic mass is 35.5. The number of aromatic nitrogens is 1. The molecule has 3 saturated carbocycles. The van der Waals surface area contributed by atoms with Gasteiger partial charge in [-0.1, -0.05) is 29.3 Å². The van der Waals surface area contributed by atoms with Crippen LogP contribution in [-0.2, 0) is 10.3 Å². The lowest BCUT2D eigenvalue weighted by atomic mass is 9.44. The Morgan fingerprint density at radius 1 is 1.15 bits per heavy atom. The summed E-state index contributed by atoms with van der Waals surface area (Å²) in [6.45, 7) is 0. The van der Waals surface area contributed by atoms with Crippen LogP contribution in [0.3, 0.4) is 0 Å². The summed E-state index contributed by atoms with van der Waals surface area (Å²) in [5.41, 5.74) is 2.22. The Hall–Kier alpha value is -2.54. The Balaban J connectivity index is 1.06. The lowest BCUT2D eigenvalue weighted by molar-refractivity contribution is -0.156. The molecular formula is C26H23Cl2FN2O3. The molecule has 1 aliphatic heterocycles. The maximum atomic E-state index is 13.8. The lowest BCUT2D eigenvalue weighted by Crippen LogP contribution is -2.78. The monoisotopic (exact) mass is 500 g/mol. The summed E-state index contributed by atoms with van der Waals surface area (Å²) in [5.74, 6) is 0.0861. The van der Waals surface area contributed by atoms with Crippen LogP contribution >= 0.6 is 23.2 Å². The van der Waals surface area contributed by atoms with Gasteiger partial charge in [-0.2, -0.15) is 0 Å². The average Bonchev–Trinajstić information content (AvgIpc) is 3.22. The zero-order valence-electron chi connectivity index (χ0n) is 18.2. The molecule has 176 valence electrons. The largest absolute Gasteiger partial charge is 0.489 e. The smallest absolute Gasteiger partial charge is 0.224 e. The number of amides is 1. The number of nitrogens with zero attached hydrogens (tertiary/aromatic N) is 1. The fourth-order valence-corrected chi connectivity index (χ4v) is 6.15. The van der Waals surface area contributed by atoms with Crippen LogP contribution in [0.2, 0.25) is 10.0 Å². The highest BCUT2D eigenvalue weighted by molar-refractivity contribution is 6.31. The molecule has 2 bridgehead atoms. The molecule has 0 spiro atoms. The van der Waals surface area contributed by atoms with Crippen LogP contribution in [0.5, 0.6) is 5.75 Å². The highest BCUT2D eigenvalue weighted by Gasteiger charge is 2.69. The maximum Gasteiger partial charge on any atom is 0.224 e. The molecule has 1 amide bonds. The van der Waals surface area contributed by atoms with E-state index in [2.05, 4.69) is 9.88 Å². The van der Waals surface area contributed by atoms with Gasteiger partial charge in [-0.25, -0.2) is 4.39 Å². The van der Waals surface area contributed by atoms with E-state index in [1.54, 1.807) is 24.3 Å². The number of halogens is 3. The lowest BCUT2D eigenvalue weighted by Gasteiger charge is -2.71. The van der Waals surface area contributed by atoms with E-state index in [-0.39, 0.29) is 34.5 Å². The van der Waals surface area contributed by atoms with Gasteiger partial charge in [0.25, 0.3) is 0 Å². The molecule has 2 atom stereocenters. The fraction of sp³-hybridized carbons (Fsp3) is 0.346. The molecule has 3 aromatic rings. The minimum absolute atomic E-state index is 0.00619. The van der Waals surface area contributed by atoms with Crippen molar-refractivity contribution in [2.75, 3.05) is 0 Å². The number of carbonyl (C=O) groups is 1. The molecule has 1 aromatic heterocycles. The summed E-state index contributed by atoms with van der Waals surface area (Å²) in [7, 11) is 0. The number of fused-ring (bicyclic) bond motifs is 1. The van der Waals surface area contributed by atoms with Gasteiger partial charge in [-0.05, 0) is 66.8 Å². The molecule has 8 heteroatoms. The van der Waals surface area contributed by atoms with Crippen molar-refractivity contribution in [1.82, 2.24) is 9.88 Å². The van der Waals surface area contributed by atoms with Crippen LogP contribution in [0.25, 0.3) is 11.1 Å². The van der Waals surface area contributed by atoms with Crippen molar-refractivity contribution in [3.05, 3.63) is 76.3 Å². The van der Waals surface area contributed by atoms with Crippen molar-refractivity contribution in [3.8, 4) is 16.9 Å². The first-order chi connectivity index (χ1) is 16.2. The van der Waals surface area contributed by atoms with E-state index in [1.807, 2.05) is 24.5 Å². The first kappa shape index (κ1) is 22.0. The molecule has 2 N–H and O–H groups in total. The maximum absolute atomic E-state index is 13.8. The zero-order valence-corrected chi connectivity index (χ0v) is 19.7. The van der Waals surface area contributed by atoms with E-state index in [4.69, 9.17) is 27.9 Å². The van der Waals surface area contributed by atoms with Crippen molar-refractivity contribution in [2.45, 2.75) is 55.4 Å². The molecule has 2 aromatic carbocycles. The van der Waals surface area contributed by atoms with Gasteiger partial charge in [0, 0.05) is 34.9 Å². The third-order valence-electron chi connectivity index (χ3n) is 7.42. The number of nitrogens with one attached hydrogen (secondary N) is 1. The number of aliphatic hydroxyl groups excluding tert-OH is 1. The first-order valence-electron chi connectivity index (χ1n) is 11.3. The molecule has 0 radical (unpaired) electrons. The van der Waals surface area contributed by atoms with Crippen molar-refractivity contribution >= 4 is 29.1 Å². The molecule has 2 heterocycles. The van der Waals surface area contributed by atoms with Gasteiger partial charge in [0.05, 0.1) is 23.1 Å². The second-order valence-corrected chi connectivity index (χ2v) is 10.7. The molecule has 5 nitrogen and oxygen atoms in total. The van der Waals surface area contributed by atoms with Crippen LogP contribution in [-0.4, -0.2) is 27.2 Å². The highest BCUT2D eigenvalue weighted by Crippen LogP contribution is 2.65. The van der Waals surface area contributed by atoms with Gasteiger partial charge >= 0.3 is 0 Å². The van der Waals surface area contributed by atoms with Crippen LogP contribution in [0.15, 0.2) is 54.9 Å². The van der Waals surface area contributed by atoms with Crippen molar-refractivity contribution in [3.63, 3.8) is 0 Å². The third kappa shape index (κ3) is 3.60. The Morgan fingerprint density at radius 3 is 2.71 bits per heavy atom. The van der Waals surface area contributed by atoms with E-state index >= 15 is 0 Å². The Morgan fingerprint density at radius 2 is 1.94 bits per heavy atom. The Labute approximate surface area is 206 Å². The van der Waals surface area contributed by atoms with Crippen LogP contribution in [0.1, 0.15) is 43.8 Å². The predicted octanol–water partition coefficient (Wildman–Crippen LogP) is 5.62. The molecule has 0 saturated heterocycles. The molecule has 3 fully saturated rings. The van der Waals surface area contributed by atoms with Gasteiger partial charge in [0.15, 0.2) is 0 Å². The van der Waals surface area contributed by atoms with Crippen LogP contribution < -0.4 is 10.1 Å². The first-order valence-corrected chi connectivity index (χ1v) is 12.1. The molecule has 7 rings (SSSR count). The van der Waals surface area contributed by atoms with Crippen LogP contribution in [0.4, 0.5) is 4.39 Å². The number of carbonyl (C=O) groups excluding carboxylic acids is 1. The molecule has 34 heavy (non-hydrogen) atoms. The summed E-state index contributed by atoms with van der Waals surface area (Å²) in [6, 6.07) is 12.0. The number of hydrogen-bond donors (Lipinski definition) is 2. The van der Waals surface area contributed by atoms with E-state index in [9.17, 15) is 14.3 Å². The zero-order chi connectivity index (χ0) is 23.7. The standard InChI is InChI=1S/C26H23Cl2FN2O3/c27-17-2-4-23-19(8-17)22(32)9-18(34-23)10-24(33)30-25-12-26(13-25,14-25)31-6-5-16(11-31)15-1-3-20(28)21(29)7-15/h1-8,11,18,22,32H,9-10,12-14H2,(H,30,33)/t18-,22-,25?,26?/m1/s1. The van der Waals surface area contributed by atoms with Crippen molar-refractivity contribution < 1.29 is 19.0 Å². The van der Waals surface area contributed by atoms with Crippen molar-refractivity contribution in [2.24, 2.45) is 0 Å². The Bertz CT molecular complexity index is 1290. The molecule has 0 unspecified atom stereocenters. The molecule has 4 aliphatic rings. The molecular weight excluding hydrogens is 478 g/mol. The van der Waals surface area contributed by atoms with Crippen LogP contribution in [0, 0.1) is 5.82 Å². The van der Waals surface area contributed by atoms with Gasteiger partial charge < -0.3 is 19.7 Å². The summed E-state index contributed by atoms with van der Waals surface area (Å²) < 4.78 is 22.0. The average molecular weight is 501 g/mol. The van der Waals surface area contributed by atoms with Gasteiger partial charge in [-0.15, -0.1) is 0 Å². The second kappa shape index (κ2) is 7.74. The predicted molar refractivity (Wildman–Crippen MR) is 128 cm³/mol. The van der Waals surface area contributed by atoms with E-state index < -0.39 is 11.9 Å². The second-order valence-electron chi connectivity index (χ2n) is 9.90. The summed E-state index contributed by atoms with van der Waals surface area (Å²) >= 11 is 11.8. The normalized spacial score (nSPS) is 28.8. The SMILES string of the molecule is O=C(C[C@H]1C[C@@H](O)c2cc(Cl)ccc2O1)NC12CC(n3ccc(-c4ccc(Cl)c(F)c4)c3)(C1)C2. The quantitative estimate of drug-likeness (QED) is 0.477. The third-order valence-corrected chi connectivity index (χ3v) is 7.97. The number of hydrogen-bond acceptors (Lipinski definition) is 3. The summed E-state index contributed by atoms with van der Waals surface area (Å²) in [4.78, 5) is 12.8. The van der Waals surface area contributed by atoms with Gasteiger partial charge in [-0.3, -0.25) is 4.79 Å². The fourth-order valence-electron chi connectivity index (χ4n) is 5.85. The minimum Gasteiger partial charge on any atom is -0.489 e. The number of aliphatic hydroxyl groups is 1. The Kier molecular flexibility index (Phi) is 5.00. The van der Waals surface area contributed by atoms with E-state index in [0.29, 0.717) is 22.8 Å². The number of ether oxygens (including phenoxy) is 1. The number of rotatable bonds is 5. The van der Waals surface area contributed by atoms with E-state index in [1.165, 1.54) is 6.07 Å². The topological polar surface area (TPSA) is 63.5 Å². The molecule has 3 aliphatic carbocycles. The van der Waals surface area contributed by atoms with Gasteiger partial charge in [0.2, 0.25) is 5.91 Å². The minimum atomic E-state index is -0.699. The summed E-state index contributed by atoms with van der Waals surface area (Å²) in [5, 5.41) is 14.3.